The Kier molecular flexibility index (Phi) is 5.21. The topological polar surface area (TPSA) is 37.3 Å². The van der Waals surface area contributed by atoms with Crippen molar-refractivity contribution in [3.8, 4) is 0 Å². The molecule has 2 aromatic carbocycles. The molecule has 2 aromatic rings. The molecule has 1 fully saturated rings. The molecule has 0 heterocycles. The zero-order valence-electron chi connectivity index (χ0n) is 13.4. The molecular formula is C21H21FO2. The monoisotopic (exact) mass is 324 g/mol. The Morgan fingerprint density at radius 3 is 2.50 bits per heavy atom. The van der Waals surface area contributed by atoms with E-state index in [4.69, 9.17) is 0 Å². The summed E-state index contributed by atoms with van der Waals surface area (Å²) in [6.07, 6.45) is 5.55. The molecule has 0 aromatic heterocycles. The van der Waals surface area contributed by atoms with Crippen LogP contribution in [0.15, 0.2) is 60.7 Å². The molecule has 0 bridgehead atoms. The molecular weight excluding hydrogens is 303 g/mol. The zero-order valence-corrected chi connectivity index (χ0v) is 13.4. The highest BCUT2D eigenvalue weighted by molar-refractivity contribution is 5.98. The van der Waals surface area contributed by atoms with Crippen molar-refractivity contribution in [1.29, 1.82) is 0 Å². The number of hydrogen-bond donors (Lipinski definition) is 1. The summed E-state index contributed by atoms with van der Waals surface area (Å²) in [5, 5.41) is 10.5. The first-order valence-electron chi connectivity index (χ1n) is 8.36. The van der Waals surface area contributed by atoms with Gasteiger partial charge in [0.1, 0.15) is 5.82 Å². The lowest BCUT2D eigenvalue weighted by Gasteiger charge is -2.22. The SMILES string of the molecule is O=C(c1ccc(F)cc1)[C@H]1CCC[C@@H]1[C@H](O)/C=C/c1ccccc1. The number of hydrogen-bond acceptors (Lipinski definition) is 2. The predicted molar refractivity (Wildman–Crippen MR) is 93.0 cm³/mol. The molecule has 3 heteroatoms. The van der Waals surface area contributed by atoms with Gasteiger partial charge in [-0.1, -0.05) is 48.9 Å². The largest absolute Gasteiger partial charge is 0.389 e. The Morgan fingerprint density at radius 2 is 1.79 bits per heavy atom. The van der Waals surface area contributed by atoms with Gasteiger partial charge < -0.3 is 5.11 Å². The van der Waals surface area contributed by atoms with Crippen molar-refractivity contribution in [2.75, 3.05) is 0 Å². The normalized spacial score (nSPS) is 21.9. The van der Waals surface area contributed by atoms with Gasteiger partial charge in [-0.15, -0.1) is 0 Å². The minimum atomic E-state index is -0.651. The van der Waals surface area contributed by atoms with Crippen LogP contribution in [0, 0.1) is 17.7 Å². The van der Waals surface area contributed by atoms with Gasteiger partial charge in [0.15, 0.2) is 5.78 Å². The third-order valence-corrected chi connectivity index (χ3v) is 4.76. The molecule has 24 heavy (non-hydrogen) atoms. The van der Waals surface area contributed by atoms with Crippen molar-refractivity contribution in [2.45, 2.75) is 25.4 Å². The lowest BCUT2D eigenvalue weighted by molar-refractivity contribution is 0.0778. The molecule has 0 spiro atoms. The van der Waals surface area contributed by atoms with Crippen LogP contribution in [0.25, 0.3) is 6.08 Å². The van der Waals surface area contributed by atoms with Gasteiger partial charge in [0.25, 0.3) is 0 Å². The number of benzene rings is 2. The average molecular weight is 324 g/mol. The van der Waals surface area contributed by atoms with Gasteiger partial charge in [0, 0.05) is 11.5 Å². The van der Waals surface area contributed by atoms with Crippen molar-refractivity contribution in [1.82, 2.24) is 0 Å². The Labute approximate surface area is 141 Å². The molecule has 124 valence electrons. The van der Waals surface area contributed by atoms with Crippen LogP contribution in [0.5, 0.6) is 0 Å². The molecule has 1 aliphatic carbocycles. The summed E-state index contributed by atoms with van der Waals surface area (Å²) < 4.78 is 13.0. The smallest absolute Gasteiger partial charge is 0.166 e. The second kappa shape index (κ2) is 7.54. The first kappa shape index (κ1) is 16.6. The van der Waals surface area contributed by atoms with Gasteiger partial charge in [0.2, 0.25) is 0 Å². The molecule has 0 radical (unpaired) electrons. The molecule has 0 aliphatic heterocycles. The van der Waals surface area contributed by atoms with E-state index < -0.39 is 6.10 Å². The van der Waals surface area contributed by atoms with Crippen LogP contribution in [-0.4, -0.2) is 17.0 Å². The molecule has 3 atom stereocenters. The highest BCUT2D eigenvalue weighted by atomic mass is 19.1. The summed E-state index contributed by atoms with van der Waals surface area (Å²) in [5.41, 5.74) is 1.54. The van der Waals surface area contributed by atoms with Crippen molar-refractivity contribution < 1.29 is 14.3 Å². The molecule has 0 saturated heterocycles. The van der Waals surface area contributed by atoms with Gasteiger partial charge in [-0.25, -0.2) is 4.39 Å². The second-order valence-electron chi connectivity index (χ2n) is 6.33. The van der Waals surface area contributed by atoms with Crippen molar-refractivity contribution in [3.05, 3.63) is 77.6 Å². The Balaban J connectivity index is 1.71. The van der Waals surface area contributed by atoms with E-state index in [2.05, 4.69) is 0 Å². The minimum absolute atomic E-state index is 0.00432. The highest BCUT2D eigenvalue weighted by Crippen LogP contribution is 2.37. The molecule has 3 rings (SSSR count). The summed E-state index contributed by atoms with van der Waals surface area (Å²) >= 11 is 0. The number of carbonyl (C=O) groups excluding carboxylic acids is 1. The van der Waals surface area contributed by atoms with Crippen molar-refractivity contribution in [3.63, 3.8) is 0 Å². The number of aliphatic hydroxyl groups excluding tert-OH is 1. The van der Waals surface area contributed by atoms with Gasteiger partial charge >= 0.3 is 0 Å². The molecule has 1 N–H and O–H groups in total. The van der Waals surface area contributed by atoms with Crippen LogP contribution < -0.4 is 0 Å². The summed E-state index contributed by atoms with van der Waals surface area (Å²) in [6.45, 7) is 0. The summed E-state index contributed by atoms with van der Waals surface area (Å²) in [4.78, 5) is 12.7. The van der Waals surface area contributed by atoms with E-state index in [1.807, 2.05) is 36.4 Å². The quantitative estimate of drug-likeness (QED) is 0.822. The maximum Gasteiger partial charge on any atom is 0.166 e. The van der Waals surface area contributed by atoms with Gasteiger partial charge in [0.05, 0.1) is 6.10 Å². The van der Waals surface area contributed by atoms with E-state index >= 15 is 0 Å². The maximum atomic E-state index is 13.0. The number of rotatable bonds is 5. The van der Waals surface area contributed by atoms with E-state index in [-0.39, 0.29) is 23.4 Å². The molecule has 2 nitrogen and oxygen atoms in total. The fourth-order valence-electron chi connectivity index (χ4n) is 3.47. The predicted octanol–water partition coefficient (Wildman–Crippen LogP) is 4.50. The van der Waals surface area contributed by atoms with Crippen LogP contribution in [0.2, 0.25) is 0 Å². The van der Waals surface area contributed by atoms with Gasteiger partial charge in [-0.2, -0.15) is 0 Å². The van der Waals surface area contributed by atoms with Gasteiger partial charge in [-0.05, 0) is 48.6 Å². The summed E-state index contributed by atoms with van der Waals surface area (Å²) in [7, 11) is 0. The van der Waals surface area contributed by atoms with Crippen LogP contribution in [0.1, 0.15) is 35.2 Å². The van der Waals surface area contributed by atoms with E-state index in [1.54, 1.807) is 6.08 Å². The fraction of sp³-hybridized carbons (Fsp3) is 0.286. The van der Waals surface area contributed by atoms with E-state index in [0.717, 1.165) is 24.8 Å². The van der Waals surface area contributed by atoms with Crippen LogP contribution in [0.3, 0.4) is 0 Å². The maximum absolute atomic E-state index is 13.0. The number of halogens is 1. The van der Waals surface area contributed by atoms with E-state index in [0.29, 0.717) is 5.56 Å². The first-order valence-corrected chi connectivity index (χ1v) is 8.36. The Hall–Kier alpha value is -2.26. The lowest BCUT2D eigenvalue weighted by Crippen LogP contribution is -2.27. The van der Waals surface area contributed by atoms with Crippen molar-refractivity contribution in [2.24, 2.45) is 11.8 Å². The Bertz CT molecular complexity index is 706. The number of ketones is 1. The first-order chi connectivity index (χ1) is 11.6. The number of carbonyl (C=O) groups is 1. The van der Waals surface area contributed by atoms with E-state index in [9.17, 15) is 14.3 Å². The minimum Gasteiger partial charge on any atom is -0.389 e. The summed E-state index contributed by atoms with van der Waals surface area (Å²) in [5.74, 6) is -0.626. The van der Waals surface area contributed by atoms with Crippen molar-refractivity contribution >= 4 is 11.9 Å². The molecule has 1 saturated carbocycles. The highest BCUT2D eigenvalue weighted by Gasteiger charge is 2.36. The zero-order chi connectivity index (χ0) is 16.9. The third kappa shape index (κ3) is 3.80. The molecule has 0 unspecified atom stereocenters. The third-order valence-electron chi connectivity index (χ3n) is 4.76. The van der Waals surface area contributed by atoms with Crippen LogP contribution >= 0.6 is 0 Å². The summed E-state index contributed by atoms with van der Waals surface area (Å²) in [6, 6.07) is 15.5. The van der Waals surface area contributed by atoms with Gasteiger partial charge in [-0.3, -0.25) is 4.79 Å². The Morgan fingerprint density at radius 1 is 1.08 bits per heavy atom. The fourth-order valence-corrected chi connectivity index (χ4v) is 3.47. The average Bonchev–Trinajstić information content (AvgIpc) is 3.10. The number of Topliss-reactive ketones (excluding diaryl/α,β-unsaturated/α-hetero) is 1. The van der Waals surface area contributed by atoms with Crippen LogP contribution in [-0.2, 0) is 0 Å². The lowest BCUT2D eigenvalue weighted by atomic mass is 9.84. The standard InChI is InChI=1S/C21H21FO2/c22-17-12-10-16(11-13-17)21(24)19-8-4-7-18(19)20(23)14-9-15-5-2-1-3-6-15/h1-3,5-6,9-14,18-20,23H,4,7-8H2/b14-9+/t18-,19-,20+/m0/s1. The molecule has 0 amide bonds. The van der Waals surface area contributed by atoms with E-state index in [1.165, 1.54) is 24.3 Å². The molecule has 1 aliphatic rings. The second-order valence-corrected chi connectivity index (χ2v) is 6.33. The van der Waals surface area contributed by atoms with Crippen LogP contribution in [0.4, 0.5) is 4.39 Å². The number of aliphatic hydroxyl groups is 1.